The Morgan fingerprint density at radius 1 is 1.28 bits per heavy atom. The molecule has 2 bridgehead atoms. The summed E-state index contributed by atoms with van der Waals surface area (Å²) in [7, 11) is 0.880. The van der Waals surface area contributed by atoms with E-state index in [0.29, 0.717) is 29.0 Å². The van der Waals surface area contributed by atoms with Crippen LogP contribution in [0.3, 0.4) is 0 Å². The molecule has 1 saturated heterocycles. The Balaban J connectivity index is 0.000000258. The molecule has 2 aliphatic heterocycles. The topological polar surface area (TPSA) is 108 Å². The van der Waals surface area contributed by atoms with Gasteiger partial charge in [0.2, 0.25) is 6.41 Å². The Kier molecular flexibility index (Phi) is 11.0. The maximum Gasteiger partial charge on any atom is 0.405 e. The van der Waals surface area contributed by atoms with Crippen LogP contribution in [-0.2, 0) is 15.6 Å². The highest BCUT2D eigenvalue weighted by Crippen LogP contribution is 2.37. The number of carbonyl (C=O) groups excluding carboxylic acids is 2. The number of fused-ring (bicyclic) bond motifs is 4. The van der Waals surface area contributed by atoms with Crippen LogP contribution in [0.4, 0.5) is 30.5 Å². The first kappa shape index (κ1) is 29.4. The summed E-state index contributed by atoms with van der Waals surface area (Å²) in [5, 5.41) is 4.22. The average molecular weight is 547 g/mol. The lowest BCUT2D eigenvalue weighted by Gasteiger charge is -2.34. The van der Waals surface area contributed by atoms with Gasteiger partial charge in [0, 0.05) is 38.6 Å². The fourth-order valence-corrected chi connectivity index (χ4v) is 3.95. The van der Waals surface area contributed by atoms with Gasteiger partial charge in [-0.2, -0.15) is 24.9 Å². The Morgan fingerprint density at radius 2 is 1.97 bits per heavy atom. The largest absolute Gasteiger partial charge is 0.405 e. The number of rotatable bonds is 5. The van der Waals surface area contributed by atoms with Crippen molar-refractivity contribution in [1.29, 1.82) is 0 Å². The Labute approximate surface area is 214 Å². The van der Waals surface area contributed by atoms with Crippen LogP contribution in [0.1, 0.15) is 16.9 Å². The first-order valence-electron chi connectivity index (χ1n) is 10.7. The minimum Gasteiger partial charge on any atom is -0.366 e. The summed E-state index contributed by atoms with van der Waals surface area (Å²) in [5.41, 5.74) is 0.936. The number of aromatic nitrogens is 2. The lowest BCUT2D eigenvalue weighted by atomic mass is 10.2. The highest BCUT2D eigenvalue weighted by atomic mass is 32.2. The molecule has 9 nitrogen and oxygen atoms in total. The molecular formula is C22H29F3N6O3S2. The van der Waals surface area contributed by atoms with Gasteiger partial charge < -0.3 is 20.4 Å². The fourth-order valence-electron chi connectivity index (χ4n) is 3.49. The molecule has 2 aromatic heterocycles. The summed E-state index contributed by atoms with van der Waals surface area (Å²) in [6.07, 6.45) is 4.27. The van der Waals surface area contributed by atoms with Gasteiger partial charge in [-0.3, -0.25) is 13.8 Å². The van der Waals surface area contributed by atoms with Gasteiger partial charge in [-0.05, 0) is 43.2 Å². The van der Waals surface area contributed by atoms with Crippen molar-refractivity contribution >= 4 is 52.2 Å². The Hall–Kier alpha value is -2.87. The number of thioether (sulfide) groups is 1. The predicted octanol–water partition coefficient (Wildman–Crippen LogP) is 2.77. The number of hydrogen-bond acceptors (Lipinski definition) is 8. The maximum atomic E-state index is 12.1. The summed E-state index contributed by atoms with van der Waals surface area (Å²) >= 11 is 1.75. The number of carbonyl (C=O) groups is 2. The smallest absolute Gasteiger partial charge is 0.366 e. The fraction of sp³-hybridized carbons (Fsp3) is 0.455. The molecular weight excluding hydrogens is 517 g/mol. The van der Waals surface area contributed by atoms with Crippen LogP contribution in [-0.4, -0.2) is 84.2 Å². The van der Waals surface area contributed by atoms with E-state index in [1.807, 2.05) is 29.8 Å². The second-order valence-corrected chi connectivity index (χ2v) is 10.0. The SMILES string of the molecule is CN1c2nc(C(=O)NCC(F)(F)F)ccc2N2CCC1C2.CS(=O)c1ccc(NC=O)nc1.CSC. The normalized spacial score (nSPS) is 16.5. The second kappa shape index (κ2) is 13.4. The summed E-state index contributed by atoms with van der Waals surface area (Å²) < 4.78 is 47.3. The number of halogens is 3. The van der Waals surface area contributed by atoms with Crippen molar-refractivity contribution in [3.8, 4) is 0 Å². The first-order chi connectivity index (χ1) is 17.0. The van der Waals surface area contributed by atoms with Crippen molar-refractivity contribution in [3.63, 3.8) is 0 Å². The molecule has 0 aliphatic carbocycles. The third-order valence-corrected chi connectivity index (χ3v) is 6.10. The highest BCUT2D eigenvalue weighted by molar-refractivity contribution is 7.97. The number of nitrogens with one attached hydrogen (secondary N) is 2. The van der Waals surface area contributed by atoms with Gasteiger partial charge in [0.1, 0.15) is 18.1 Å². The van der Waals surface area contributed by atoms with Crippen molar-refractivity contribution in [2.75, 3.05) is 60.6 Å². The van der Waals surface area contributed by atoms with Crippen molar-refractivity contribution in [2.24, 2.45) is 0 Å². The summed E-state index contributed by atoms with van der Waals surface area (Å²) in [4.78, 5) is 34.7. The first-order valence-corrected chi connectivity index (χ1v) is 13.9. The van der Waals surface area contributed by atoms with E-state index in [-0.39, 0.29) is 5.69 Å². The molecule has 14 heteroatoms. The quantitative estimate of drug-likeness (QED) is 0.552. The van der Waals surface area contributed by atoms with Gasteiger partial charge in [0.15, 0.2) is 5.82 Å². The van der Waals surface area contributed by atoms with Gasteiger partial charge in [-0.25, -0.2) is 9.97 Å². The third-order valence-electron chi connectivity index (χ3n) is 5.20. The van der Waals surface area contributed by atoms with Crippen molar-refractivity contribution < 1.29 is 27.0 Å². The number of likely N-dealkylation sites (N-methyl/N-ethyl adjacent to an activating group) is 1. The molecule has 2 atom stereocenters. The standard InChI is InChI=1S/C13H15F3N4O.C7H8N2O2S.C2H6S/c1-19-8-4-5-20(6-8)10-3-2-9(18-11(10)19)12(21)17-7-13(14,15)16;1-12(11)6-2-3-7(8-4-6)9-5-10;1-3-2/h2-3,8H,4-7H2,1H3,(H,17,21);2-5H,1H3,(H,8,9,10);1-2H3. The van der Waals surface area contributed by atoms with Gasteiger partial charge in [0.05, 0.1) is 21.4 Å². The number of pyridine rings is 2. The van der Waals surface area contributed by atoms with E-state index in [4.69, 9.17) is 0 Å². The molecule has 2 aliphatic rings. The number of nitrogens with zero attached hydrogens (tertiary/aromatic N) is 4. The van der Waals surface area contributed by atoms with Crippen LogP contribution in [0.15, 0.2) is 35.4 Å². The Bertz CT molecular complexity index is 1060. The van der Waals surface area contributed by atoms with E-state index in [1.165, 1.54) is 12.3 Å². The monoisotopic (exact) mass is 546 g/mol. The lowest BCUT2D eigenvalue weighted by molar-refractivity contribution is -0.123. The summed E-state index contributed by atoms with van der Waals surface area (Å²) in [6.45, 7) is 0.503. The minimum absolute atomic E-state index is 0.00681. The van der Waals surface area contributed by atoms with Crippen molar-refractivity contribution in [3.05, 3.63) is 36.2 Å². The van der Waals surface area contributed by atoms with Crippen LogP contribution in [0.25, 0.3) is 0 Å². The van der Waals surface area contributed by atoms with Crippen LogP contribution in [0.2, 0.25) is 0 Å². The third kappa shape index (κ3) is 8.36. The zero-order valence-corrected chi connectivity index (χ0v) is 22.0. The van der Waals surface area contributed by atoms with E-state index in [1.54, 1.807) is 36.2 Å². The number of hydrogen-bond donors (Lipinski definition) is 2. The van der Waals surface area contributed by atoms with E-state index < -0.39 is 29.4 Å². The van der Waals surface area contributed by atoms with Gasteiger partial charge in [-0.15, -0.1) is 0 Å². The predicted molar refractivity (Wildman–Crippen MR) is 137 cm³/mol. The van der Waals surface area contributed by atoms with E-state index in [2.05, 4.69) is 20.2 Å². The van der Waals surface area contributed by atoms with Gasteiger partial charge in [-0.1, -0.05) is 0 Å². The molecule has 2 aromatic rings. The van der Waals surface area contributed by atoms with Crippen molar-refractivity contribution in [2.45, 2.75) is 23.5 Å². The highest BCUT2D eigenvalue weighted by Gasteiger charge is 2.35. The van der Waals surface area contributed by atoms with Gasteiger partial charge >= 0.3 is 6.18 Å². The molecule has 36 heavy (non-hydrogen) atoms. The van der Waals surface area contributed by atoms with Crippen LogP contribution >= 0.6 is 11.8 Å². The summed E-state index contributed by atoms with van der Waals surface area (Å²) in [5.74, 6) is 0.305. The second-order valence-electron chi connectivity index (χ2n) is 7.84. The van der Waals surface area contributed by atoms with Crippen LogP contribution in [0, 0.1) is 0 Å². The molecule has 1 fully saturated rings. The zero-order valence-electron chi connectivity index (χ0n) is 20.3. The number of alkyl halides is 3. The van der Waals surface area contributed by atoms with E-state index >= 15 is 0 Å². The van der Waals surface area contributed by atoms with Crippen molar-refractivity contribution in [1.82, 2.24) is 15.3 Å². The summed E-state index contributed by atoms with van der Waals surface area (Å²) in [6, 6.07) is 6.83. The molecule has 0 saturated carbocycles. The van der Waals surface area contributed by atoms with E-state index in [9.17, 15) is 27.0 Å². The number of amides is 2. The molecule has 4 heterocycles. The zero-order chi connectivity index (χ0) is 26.9. The maximum absolute atomic E-state index is 12.1. The molecule has 0 aromatic carbocycles. The Morgan fingerprint density at radius 3 is 2.53 bits per heavy atom. The van der Waals surface area contributed by atoms with Gasteiger partial charge in [0.25, 0.3) is 5.91 Å². The number of anilines is 3. The minimum atomic E-state index is -4.43. The molecule has 4 rings (SSSR count). The lowest BCUT2D eigenvalue weighted by Crippen LogP contribution is -2.41. The molecule has 2 amide bonds. The molecule has 0 radical (unpaired) electrons. The molecule has 198 valence electrons. The van der Waals surface area contributed by atoms with Crippen LogP contribution in [0.5, 0.6) is 0 Å². The molecule has 2 unspecified atom stereocenters. The van der Waals surface area contributed by atoms with E-state index in [0.717, 1.165) is 25.2 Å². The average Bonchev–Trinajstić information content (AvgIpc) is 3.28. The molecule has 0 spiro atoms. The molecule has 2 N–H and O–H groups in total. The van der Waals surface area contributed by atoms with Crippen LogP contribution < -0.4 is 20.4 Å².